The molecule has 0 aliphatic carbocycles. The maximum absolute atomic E-state index is 11.0. The van der Waals surface area contributed by atoms with E-state index < -0.39 is 9.76 Å². The quantitative estimate of drug-likeness (QED) is 0.405. The van der Waals surface area contributed by atoms with Gasteiger partial charge in [0.2, 0.25) is 0 Å². The van der Waals surface area contributed by atoms with Crippen LogP contribution in [0.3, 0.4) is 0 Å². The van der Waals surface area contributed by atoms with E-state index in [1.54, 1.807) is 4.90 Å². The van der Waals surface area contributed by atoms with Gasteiger partial charge in [0.15, 0.2) is 9.76 Å². The number of hydrogen-bond acceptors (Lipinski definition) is 2. The summed E-state index contributed by atoms with van der Waals surface area (Å²) in [5, 5.41) is 0. The molecule has 10 heavy (non-hydrogen) atoms. The van der Waals surface area contributed by atoms with Gasteiger partial charge in [0.25, 0.3) is 5.91 Å². The van der Waals surface area contributed by atoms with Crippen molar-refractivity contribution in [2.45, 2.75) is 19.6 Å². The number of nitrogens with zero attached hydrogens (tertiary/aromatic N) is 1. The summed E-state index contributed by atoms with van der Waals surface area (Å²) in [5.41, 5.74) is 0. The lowest BCUT2D eigenvalue weighted by molar-refractivity contribution is -0.152. The van der Waals surface area contributed by atoms with Crippen molar-refractivity contribution in [1.82, 2.24) is 4.90 Å². The Balaban J connectivity index is 2.25. The number of hydrogen-bond donors (Lipinski definition) is 0. The van der Waals surface area contributed by atoms with Crippen LogP contribution in [0.25, 0.3) is 0 Å². The highest BCUT2D eigenvalue weighted by molar-refractivity contribution is 6.25. The molecule has 0 aromatic carbocycles. The third kappa shape index (κ3) is 1.22. The predicted octanol–water partition coefficient (Wildman–Crippen LogP) is -0.634. The van der Waals surface area contributed by atoms with Gasteiger partial charge >= 0.3 is 0 Å². The van der Waals surface area contributed by atoms with E-state index in [0.29, 0.717) is 0 Å². The molecule has 0 N–H and O–H groups in total. The molecule has 1 unspecified atom stereocenters. The Morgan fingerprint density at radius 2 is 2.60 bits per heavy atom. The first-order valence-corrected chi connectivity index (χ1v) is 5.69. The second-order valence-corrected chi connectivity index (χ2v) is 3.23. The molecule has 1 fully saturated rings. The molecule has 3 nitrogen and oxygen atoms in total. The van der Waals surface area contributed by atoms with Gasteiger partial charge in [-0.3, -0.25) is 4.79 Å². The van der Waals surface area contributed by atoms with Crippen LogP contribution >= 0.6 is 0 Å². The molecule has 0 spiro atoms. The molecule has 4 heteroatoms. The van der Waals surface area contributed by atoms with Crippen molar-refractivity contribution in [2.24, 2.45) is 0 Å². The van der Waals surface area contributed by atoms with E-state index in [1.165, 1.54) is 0 Å². The summed E-state index contributed by atoms with van der Waals surface area (Å²) < 4.78 is 5.27. The van der Waals surface area contributed by atoms with Crippen molar-refractivity contribution < 1.29 is 9.22 Å². The number of carbonyl (C=O) groups excluding carboxylic acids is 1. The Kier molecular flexibility index (Phi) is 2.45. The van der Waals surface area contributed by atoms with Crippen LogP contribution in [0.2, 0.25) is 6.55 Å². The molecule has 1 atom stereocenters. The summed E-state index contributed by atoms with van der Waals surface area (Å²) in [6.45, 7) is 5.67. The van der Waals surface area contributed by atoms with Crippen molar-refractivity contribution in [3.8, 4) is 0 Å². The lowest BCUT2D eigenvalue weighted by Crippen LogP contribution is -2.57. The van der Waals surface area contributed by atoms with Crippen molar-refractivity contribution in [3.05, 3.63) is 0 Å². The number of β-lactam (4-membered cyclic amide) rings is 1. The number of amides is 1. The van der Waals surface area contributed by atoms with E-state index in [1.807, 2.05) is 13.5 Å². The third-order valence-electron chi connectivity index (χ3n) is 1.72. The third-order valence-corrected chi connectivity index (χ3v) is 2.46. The van der Waals surface area contributed by atoms with Crippen LogP contribution in [0.4, 0.5) is 0 Å². The van der Waals surface area contributed by atoms with Gasteiger partial charge in [-0.15, -0.1) is 0 Å². The van der Waals surface area contributed by atoms with E-state index in [2.05, 4.69) is 0 Å². The summed E-state index contributed by atoms with van der Waals surface area (Å²) in [6, 6.07) is 0. The second-order valence-electron chi connectivity index (χ2n) is 2.32. The predicted molar refractivity (Wildman–Crippen MR) is 41.5 cm³/mol. The largest absolute Gasteiger partial charge is 0.411 e. The van der Waals surface area contributed by atoms with E-state index in [9.17, 15) is 4.79 Å². The molecule has 1 aliphatic rings. The van der Waals surface area contributed by atoms with Crippen LogP contribution in [0, 0.1) is 0 Å². The zero-order chi connectivity index (χ0) is 7.56. The molecule has 58 valence electrons. The highest BCUT2D eigenvalue weighted by atomic mass is 28.2. The van der Waals surface area contributed by atoms with Gasteiger partial charge in [0, 0.05) is 6.54 Å². The van der Waals surface area contributed by atoms with Gasteiger partial charge in [-0.1, -0.05) is 6.55 Å². The molecule has 1 saturated heterocycles. The molecule has 1 rings (SSSR count). The zero-order valence-corrected chi connectivity index (χ0v) is 7.88. The normalized spacial score (nSPS) is 26.0. The lowest BCUT2D eigenvalue weighted by Gasteiger charge is -2.37. The number of rotatable bonds is 3. The first-order valence-electron chi connectivity index (χ1n) is 3.70. The van der Waals surface area contributed by atoms with Gasteiger partial charge in [-0.25, -0.2) is 0 Å². The van der Waals surface area contributed by atoms with Gasteiger partial charge < -0.3 is 9.33 Å². The summed E-state index contributed by atoms with van der Waals surface area (Å²) in [7, 11) is -0.403. The highest BCUT2D eigenvalue weighted by Crippen LogP contribution is 2.11. The molecule has 0 aromatic rings. The Bertz CT molecular complexity index is 140. The lowest BCUT2D eigenvalue weighted by atomic mass is 10.1. The van der Waals surface area contributed by atoms with Crippen molar-refractivity contribution in [2.75, 3.05) is 13.1 Å². The van der Waals surface area contributed by atoms with Gasteiger partial charge in [-0.05, 0) is 6.92 Å². The van der Waals surface area contributed by atoms with Crippen LogP contribution in [-0.2, 0) is 9.22 Å². The Morgan fingerprint density at radius 1 is 1.90 bits per heavy atom. The molecular weight excluding hydrogens is 146 g/mol. The van der Waals surface area contributed by atoms with Crippen molar-refractivity contribution in [1.29, 1.82) is 0 Å². The topological polar surface area (TPSA) is 29.5 Å². The van der Waals surface area contributed by atoms with Crippen molar-refractivity contribution >= 4 is 15.7 Å². The Labute approximate surface area is 63.3 Å². The highest BCUT2D eigenvalue weighted by Gasteiger charge is 2.35. The standard InChI is InChI=1S/C6H13NO2Si/c1-3-7-4-5(6(7)8)9-10-2/h5H,3-4,10H2,1-2H3. The zero-order valence-electron chi connectivity index (χ0n) is 6.46. The molecule has 1 amide bonds. The summed E-state index contributed by atoms with van der Waals surface area (Å²) in [5.74, 6) is 0.178. The number of carbonyl (C=O) groups is 1. The van der Waals surface area contributed by atoms with Crippen molar-refractivity contribution in [3.63, 3.8) is 0 Å². The average molecular weight is 159 g/mol. The van der Waals surface area contributed by atoms with E-state index in [-0.39, 0.29) is 12.0 Å². The van der Waals surface area contributed by atoms with Crippen LogP contribution in [0.15, 0.2) is 0 Å². The van der Waals surface area contributed by atoms with Crippen LogP contribution < -0.4 is 0 Å². The van der Waals surface area contributed by atoms with Gasteiger partial charge in [0.1, 0.15) is 6.10 Å². The first-order chi connectivity index (χ1) is 4.79. The van der Waals surface area contributed by atoms with Gasteiger partial charge in [0.05, 0.1) is 6.54 Å². The minimum Gasteiger partial charge on any atom is -0.411 e. The summed E-state index contributed by atoms with van der Waals surface area (Å²) >= 11 is 0. The van der Waals surface area contributed by atoms with Crippen LogP contribution in [0.1, 0.15) is 6.92 Å². The molecule has 0 aromatic heterocycles. The Morgan fingerprint density at radius 3 is 3.00 bits per heavy atom. The summed E-state index contributed by atoms with van der Waals surface area (Å²) in [6.07, 6.45) is -0.0726. The van der Waals surface area contributed by atoms with E-state index in [4.69, 9.17) is 4.43 Å². The van der Waals surface area contributed by atoms with E-state index >= 15 is 0 Å². The molecule has 0 saturated carbocycles. The first kappa shape index (κ1) is 7.75. The maximum atomic E-state index is 11.0. The second kappa shape index (κ2) is 3.16. The molecule has 0 radical (unpaired) electrons. The molecule has 0 bridgehead atoms. The van der Waals surface area contributed by atoms with E-state index in [0.717, 1.165) is 13.1 Å². The fourth-order valence-electron chi connectivity index (χ4n) is 1.07. The Hall–Kier alpha value is -0.353. The fourth-order valence-corrected chi connectivity index (χ4v) is 1.72. The fraction of sp³-hybridized carbons (Fsp3) is 0.833. The molecule has 1 aliphatic heterocycles. The van der Waals surface area contributed by atoms with Crippen LogP contribution in [0.5, 0.6) is 0 Å². The smallest absolute Gasteiger partial charge is 0.252 e. The number of likely N-dealkylation sites (tertiary alicyclic amines) is 1. The SMILES string of the molecule is CCN1CC(O[SiH2]C)C1=O. The summed E-state index contributed by atoms with van der Waals surface area (Å²) in [4.78, 5) is 12.8. The minimum absolute atomic E-state index is 0.0726. The van der Waals surface area contributed by atoms with Crippen LogP contribution in [-0.4, -0.2) is 39.8 Å². The number of likely N-dealkylation sites (N-methyl/N-ethyl adjacent to an activating group) is 1. The maximum Gasteiger partial charge on any atom is 0.252 e. The average Bonchev–Trinajstić information content (AvgIpc) is 1.96. The van der Waals surface area contributed by atoms with Gasteiger partial charge in [-0.2, -0.15) is 0 Å². The molecule has 1 heterocycles. The molecular formula is C6H13NO2Si. The minimum atomic E-state index is -0.403. The monoisotopic (exact) mass is 159 g/mol.